The second-order valence-electron chi connectivity index (χ2n) is 4.14. The molecule has 0 spiro atoms. The highest BCUT2D eigenvalue weighted by Crippen LogP contribution is 2.16. The number of hydrogen-bond acceptors (Lipinski definition) is 6. The summed E-state index contributed by atoms with van der Waals surface area (Å²) in [6, 6.07) is 4.71. The summed E-state index contributed by atoms with van der Waals surface area (Å²) in [4.78, 5) is 21.0. The lowest BCUT2D eigenvalue weighted by atomic mass is 10.3. The predicted octanol–water partition coefficient (Wildman–Crippen LogP) is 0.0258. The Balaban J connectivity index is 2.52. The van der Waals surface area contributed by atoms with Gasteiger partial charge in [-0.3, -0.25) is 14.9 Å². The number of benzene rings is 1. The second-order valence-corrected chi connectivity index (χ2v) is 5.91. The van der Waals surface area contributed by atoms with Crippen LogP contribution in [0.1, 0.15) is 6.92 Å². The molecule has 9 nitrogen and oxygen atoms in total. The topological polar surface area (TPSA) is 128 Å². The predicted molar refractivity (Wildman–Crippen MR) is 77.8 cm³/mol. The van der Waals surface area contributed by atoms with E-state index in [-0.39, 0.29) is 36.2 Å². The molecule has 0 aliphatic heterocycles. The van der Waals surface area contributed by atoms with Crippen molar-refractivity contribution in [3.05, 3.63) is 34.4 Å². The molecule has 0 aliphatic carbocycles. The van der Waals surface area contributed by atoms with Crippen LogP contribution in [-0.2, 0) is 19.6 Å². The summed E-state index contributed by atoms with van der Waals surface area (Å²) in [5.41, 5.74) is -0.312. The molecule has 0 bridgehead atoms. The van der Waals surface area contributed by atoms with Crippen LogP contribution < -0.4 is 10.0 Å². The number of nitro groups is 1. The smallest absolute Gasteiger partial charge is 0.270 e. The van der Waals surface area contributed by atoms with Gasteiger partial charge in [-0.1, -0.05) is 6.07 Å². The van der Waals surface area contributed by atoms with Gasteiger partial charge in [-0.15, -0.1) is 0 Å². The van der Waals surface area contributed by atoms with Gasteiger partial charge in [0.1, 0.15) is 6.61 Å². The first-order chi connectivity index (χ1) is 10.4. The van der Waals surface area contributed by atoms with Crippen molar-refractivity contribution >= 4 is 21.6 Å². The molecule has 10 heteroatoms. The Morgan fingerprint density at radius 1 is 1.36 bits per heavy atom. The monoisotopic (exact) mass is 331 g/mol. The van der Waals surface area contributed by atoms with Crippen molar-refractivity contribution in [1.82, 2.24) is 10.0 Å². The van der Waals surface area contributed by atoms with E-state index in [9.17, 15) is 23.3 Å². The number of nitrogens with zero attached hydrogens (tertiary/aromatic N) is 1. The van der Waals surface area contributed by atoms with Crippen LogP contribution in [0.4, 0.5) is 5.69 Å². The number of nitrogens with one attached hydrogen (secondary N) is 2. The quantitative estimate of drug-likeness (QED) is 0.373. The number of amides is 1. The minimum Gasteiger partial charge on any atom is -0.372 e. The maximum absolute atomic E-state index is 12.0. The van der Waals surface area contributed by atoms with E-state index in [1.807, 2.05) is 0 Å². The molecule has 0 unspecified atom stereocenters. The molecule has 0 fully saturated rings. The van der Waals surface area contributed by atoms with Crippen LogP contribution >= 0.6 is 0 Å². The normalized spacial score (nSPS) is 11.1. The summed E-state index contributed by atoms with van der Waals surface area (Å²) in [5, 5.41) is 13.1. The highest BCUT2D eigenvalue weighted by Gasteiger charge is 2.17. The number of nitro benzene ring substituents is 1. The zero-order valence-corrected chi connectivity index (χ0v) is 12.8. The fourth-order valence-electron chi connectivity index (χ4n) is 1.48. The number of carbonyl (C=O) groups is 1. The first-order valence-corrected chi connectivity index (χ1v) is 7.93. The Hall–Kier alpha value is -2.04. The molecule has 122 valence electrons. The fraction of sp³-hybridized carbons (Fsp3) is 0.417. The standard InChI is InChI=1S/C12H17N3O6S/c1-2-21-9-12(16)13-6-7-14-22(19,20)11-5-3-4-10(8-11)15(17)18/h3-5,8,14H,2,6-7,9H2,1H3,(H,13,16). The lowest BCUT2D eigenvalue weighted by Crippen LogP contribution is -2.36. The van der Waals surface area contributed by atoms with Crippen molar-refractivity contribution in [2.45, 2.75) is 11.8 Å². The van der Waals surface area contributed by atoms with Crippen molar-refractivity contribution in [2.24, 2.45) is 0 Å². The second kappa shape index (κ2) is 8.41. The van der Waals surface area contributed by atoms with E-state index in [1.54, 1.807) is 6.92 Å². The zero-order valence-electron chi connectivity index (χ0n) is 11.9. The minimum atomic E-state index is -3.87. The molecular weight excluding hydrogens is 314 g/mol. The highest BCUT2D eigenvalue weighted by atomic mass is 32.2. The Kier molecular flexibility index (Phi) is 6.89. The van der Waals surface area contributed by atoms with E-state index >= 15 is 0 Å². The van der Waals surface area contributed by atoms with Crippen LogP contribution in [0.3, 0.4) is 0 Å². The van der Waals surface area contributed by atoms with Gasteiger partial charge in [0, 0.05) is 31.8 Å². The first kappa shape index (κ1) is 18.0. The maximum Gasteiger partial charge on any atom is 0.270 e. The molecule has 1 aromatic carbocycles. The molecule has 0 aromatic heterocycles. The molecule has 0 saturated carbocycles. The van der Waals surface area contributed by atoms with Gasteiger partial charge in [-0.2, -0.15) is 0 Å². The van der Waals surface area contributed by atoms with Gasteiger partial charge in [0.25, 0.3) is 5.69 Å². The highest BCUT2D eigenvalue weighted by molar-refractivity contribution is 7.89. The third-order valence-electron chi connectivity index (χ3n) is 2.52. The number of ether oxygens (including phenoxy) is 1. The Morgan fingerprint density at radius 3 is 2.73 bits per heavy atom. The summed E-state index contributed by atoms with van der Waals surface area (Å²) >= 11 is 0. The average Bonchev–Trinajstić information content (AvgIpc) is 2.49. The van der Waals surface area contributed by atoms with Crippen LogP contribution in [0.25, 0.3) is 0 Å². The van der Waals surface area contributed by atoms with Crippen LogP contribution in [0, 0.1) is 10.1 Å². The summed E-state index contributed by atoms with van der Waals surface area (Å²) in [7, 11) is -3.87. The van der Waals surface area contributed by atoms with Crippen LogP contribution in [0.2, 0.25) is 0 Å². The molecule has 0 aliphatic rings. The Morgan fingerprint density at radius 2 is 2.09 bits per heavy atom. The van der Waals surface area contributed by atoms with Crippen LogP contribution in [-0.4, -0.2) is 45.6 Å². The molecule has 1 aromatic rings. The number of hydrogen-bond donors (Lipinski definition) is 2. The first-order valence-electron chi connectivity index (χ1n) is 6.45. The third-order valence-corrected chi connectivity index (χ3v) is 3.97. The third kappa shape index (κ3) is 5.76. The van der Waals surface area contributed by atoms with Gasteiger partial charge in [-0.25, -0.2) is 13.1 Å². The summed E-state index contributed by atoms with van der Waals surface area (Å²) in [6.45, 7) is 2.12. The SMILES string of the molecule is CCOCC(=O)NCCNS(=O)(=O)c1cccc([N+](=O)[O-])c1. The molecule has 1 amide bonds. The van der Waals surface area contributed by atoms with Gasteiger partial charge < -0.3 is 10.1 Å². The molecule has 1 rings (SSSR count). The lowest BCUT2D eigenvalue weighted by molar-refractivity contribution is -0.385. The summed E-state index contributed by atoms with van der Waals surface area (Å²) in [5.74, 6) is -0.351. The number of sulfonamides is 1. The van der Waals surface area contributed by atoms with Crippen molar-refractivity contribution in [1.29, 1.82) is 0 Å². The summed E-state index contributed by atoms with van der Waals surface area (Å²) in [6.07, 6.45) is 0. The van der Waals surface area contributed by atoms with E-state index in [0.29, 0.717) is 6.61 Å². The molecule has 0 radical (unpaired) electrons. The van der Waals surface area contributed by atoms with E-state index in [1.165, 1.54) is 18.2 Å². The van der Waals surface area contributed by atoms with Crippen molar-refractivity contribution in [2.75, 3.05) is 26.3 Å². The van der Waals surface area contributed by atoms with Crippen molar-refractivity contribution in [3.63, 3.8) is 0 Å². The number of carbonyl (C=O) groups excluding carboxylic acids is 1. The number of rotatable bonds is 9. The van der Waals surface area contributed by atoms with E-state index in [4.69, 9.17) is 4.74 Å². The summed E-state index contributed by atoms with van der Waals surface area (Å²) < 4.78 is 31.0. The van der Waals surface area contributed by atoms with Gasteiger partial charge in [0.2, 0.25) is 15.9 Å². The maximum atomic E-state index is 12.0. The van der Waals surface area contributed by atoms with Gasteiger partial charge in [0.05, 0.1) is 9.82 Å². The minimum absolute atomic E-state index is 0.0388. The lowest BCUT2D eigenvalue weighted by Gasteiger charge is -2.08. The van der Waals surface area contributed by atoms with E-state index < -0.39 is 14.9 Å². The molecular formula is C12H17N3O6S. The Bertz CT molecular complexity index is 632. The molecule has 0 heterocycles. The van der Waals surface area contributed by atoms with Gasteiger partial charge >= 0.3 is 0 Å². The molecule has 0 saturated heterocycles. The molecule has 2 N–H and O–H groups in total. The van der Waals surface area contributed by atoms with E-state index in [0.717, 1.165) is 6.07 Å². The molecule has 22 heavy (non-hydrogen) atoms. The average molecular weight is 331 g/mol. The Labute approximate surface area is 127 Å². The zero-order chi connectivity index (χ0) is 16.6. The van der Waals surface area contributed by atoms with Crippen LogP contribution in [0.5, 0.6) is 0 Å². The number of non-ortho nitro benzene ring substituents is 1. The van der Waals surface area contributed by atoms with Gasteiger partial charge in [0.15, 0.2) is 0 Å². The van der Waals surface area contributed by atoms with E-state index in [2.05, 4.69) is 10.0 Å². The van der Waals surface area contributed by atoms with Crippen molar-refractivity contribution in [3.8, 4) is 0 Å². The largest absolute Gasteiger partial charge is 0.372 e. The molecule has 0 atom stereocenters. The van der Waals surface area contributed by atoms with Crippen molar-refractivity contribution < 1.29 is 22.9 Å². The van der Waals surface area contributed by atoms with Crippen LogP contribution in [0.15, 0.2) is 29.2 Å². The van der Waals surface area contributed by atoms with Gasteiger partial charge in [-0.05, 0) is 13.0 Å². The fourth-order valence-corrected chi connectivity index (χ4v) is 2.55.